The Morgan fingerprint density at radius 3 is 2.44 bits per heavy atom. The van der Waals surface area contributed by atoms with Gasteiger partial charge in [-0.15, -0.1) is 0 Å². The molecular weight excluding hydrogens is 808 g/mol. The zero-order valence-electron chi connectivity index (χ0n) is 35.9. The minimum atomic E-state index is -0.840. The molecule has 16 heteroatoms. The number of ether oxygens (including phenoxy) is 2. The first kappa shape index (κ1) is 40.5. The molecule has 3 amide bonds. The van der Waals surface area contributed by atoms with Crippen molar-refractivity contribution >= 4 is 28.8 Å². The van der Waals surface area contributed by atoms with Gasteiger partial charge in [-0.2, -0.15) is 0 Å². The van der Waals surface area contributed by atoms with Crippen LogP contribution in [0, 0.1) is 25.6 Å². The number of amides is 3. The largest absolute Gasteiger partial charge is 0.497 e. The Balaban J connectivity index is 1.07. The number of benzene rings is 3. The molecule has 10 rings (SSSR count). The molecular formula is C47H49FN8O7. The van der Waals surface area contributed by atoms with Gasteiger partial charge in [0.15, 0.2) is 5.82 Å². The van der Waals surface area contributed by atoms with Crippen LogP contribution in [0.25, 0.3) is 16.6 Å². The molecule has 3 fully saturated rings. The van der Waals surface area contributed by atoms with Crippen molar-refractivity contribution in [2.75, 3.05) is 44.9 Å². The van der Waals surface area contributed by atoms with Crippen LogP contribution in [0.15, 0.2) is 74.8 Å². The summed E-state index contributed by atoms with van der Waals surface area (Å²) in [7, 11) is 1.59. The van der Waals surface area contributed by atoms with E-state index in [1.165, 1.54) is 15.0 Å². The number of aromatic nitrogens is 5. The van der Waals surface area contributed by atoms with Crippen LogP contribution in [0.4, 0.5) is 15.1 Å². The van der Waals surface area contributed by atoms with Gasteiger partial charge in [0.2, 0.25) is 5.95 Å². The first-order valence-electron chi connectivity index (χ1n) is 21.6. The zero-order valence-corrected chi connectivity index (χ0v) is 35.9. The summed E-state index contributed by atoms with van der Waals surface area (Å²) >= 11 is 0. The molecule has 6 aromatic rings. The zero-order chi connectivity index (χ0) is 43.9. The summed E-state index contributed by atoms with van der Waals surface area (Å²) in [6, 6.07) is 17.9. The number of urea groups is 1. The summed E-state index contributed by atoms with van der Waals surface area (Å²) < 4.78 is 34.5. The Hall–Kier alpha value is -6.55. The van der Waals surface area contributed by atoms with Crippen molar-refractivity contribution in [3.63, 3.8) is 0 Å². The molecule has 3 aliphatic heterocycles. The molecule has 63 heavy (non-hydrogen) atoms. The number of nitrogens with one attached hydrogen (secondary N) is 1. The predicted octanol–water partition coefficient (Wildman–Crippen LogP) is 6.51. The van der Waals surface area contributed by atoms with Crippen LogP contribution in [0.5, 0.6) is 5.75 Å². The van der Waals surface area contributed by atoms with Crippen molar-refractivity contribution < 1.29 is 28.0 Å². The van der Waals surface area contributed by atoms with Gasteiger partial charge >= 0.3 is 11.8 Å². The first-order valence-corrected chi connectivity index (χ1v) is 21.6. The summed E-state index contributed by atoms with van der Waals surface area (Å²) in [6.07, 6.45) is 2.62. The smallest absolute Gasteiger partial charge is 0.438 e. The van der Waals surface area contributed by atoms with E-state index in [1.54, 1.807) is 42.9 Å². The van der Waals surface area contributed by atoms with Gasteiger partial charge < -0.3 is 23.8 Å². The minimum Gasteiger partial charge on any atom is -0.497 e. The lowest BCUT2D eigenvalue weighted by Crippen LogP contribution is -2.45. The SMILES string of the molecule is COc1cccc(CN2CCN(c3nc4c(c(=O)n3-c3cc(C)c(F)c(C)c3)CCN(C(=O)c3cc5cc(C6CCOCC6)ccc5n3C3(c5noc(=O)[nH]5)CC3C)C4C)C2=O)c1. The Morgan fingerprint density at radius 1 is 0.984 bits per heavy atom. The highest BCUT2D eigenvalue weighted by atomic mass is 19.1. The van der Waals surface area contributed by atoms with Gasteiger partial charge in [0.25, 0.3) is 11.5 Å². The van der Waals surface area contributed by atoms with E-state index in [-0.39, 0.29) is 54.7 Å². The molecule has 1 saturated carbocycles. The Labute approximate surface area is 362 Å². The van der Waals surface area contributed by atoms with Gasteiger partial charge in [-0.25, -0.2) is 23.5 Å². The quantitative estimate of drug-likeness (QED) is 0.171. The summed E-state index contributed by atoms with van der Waals surface area (Å²) in [5.41, 5.74) is 3.97. The van der Waals surface area contributed by atoms with Crippen LogP contribution in [0.1, 0.15) is 94.9 Å². The molecule has 3 atom stereocenters. The fourth-order valence-corrected chi connectivity index (χ4v) is 10.2. The second kappa shape index (κ2) is 15.4. The molecule has 1 aliphatic carbocycles. The first-order chi connectivity index (χ1) is 30.4. The van der Waals surface area contributed by atoms with E-state index in [2.05, 4.69) is 35.3 Å². The number of anilines is 1. The van der Waals surface area contributed by atoms with Crippen LogP contribution >= 0.6 is 0 Å². The third-order valence-electron chi connectivity index (χ3n) is 13.7. The number of rotatable bonds is 9. The lowest BCUT2D eigenvalue weighted by atomic mass is 9.91. The lowest BCUT2D eigenvalue weighted by Gasteiger charge is -2.36. The molecule has 0 spiro atoms. The van der Waals surface area contributed by atoms with Gasteiger partial charge in [-0.3, -0.25) is 24.0 Å². The highest BCUT2D eigenvalue weighted by Gasteiger charge is 2.59. The molecule has 1 N–H and O–H groups in total. The summed E-state index contributed by atoms with van der Waals surface area (Å²) in [6.45, 7) is 9.70. The third-order valence-corrected chi connectivity index (χ3v) is 13.7. The number of aromatic amines is 1. The van der Waals surface area contributed by atoms with Crippen LogP contribution in [-0.4, -0.2) is 86.0 Å². The number of halogens is 1. The second-order valence-electron chi connectivity index (χ2n) is 17.5. The molecule has 3 aromatic heterocycles. The third kappa shape index (κ3) is 6.64. The Bertz CT molecular complexity index is 2920. The van der Waals surface area contributed by atoms with Crippen LogP contribution in [0.2, 0.25) is 0 Å². The average Bonchev–Trinajstić information content (AvgIpc) is 3.58. The number of fused-ring (bicyclic) bond motifs is 2. The number of methoxy groups -OCH3 is 1. The van der Waals surface area contributed by atoms with E-state index in [9.17, 15) is 14.4 Å². The highest BCUT2D eigenvalue weighted by Crippen LogP contribution is 2.56. The number of H-pyrrole nitrogens is 1. The van der Waals surface area contributed by atoms with Crippen LogP contribution < -0.4 is 21.0 Å². The summed E-state index contributed by atoms with van der Waals surface area (Å²) in [4.78, 5) is 69.7. The maximum absolute atomic E-state index is 15.3. The number of nitrogens with zero attached hydrogens (tertiary/aromatic N) is 7. The Morgan fingerprint density at radius 2 is 1.75 bits per heavy atom. The predicted molar refractivity (Wildman–Crippen MR) is 231 cm³/mol. The van der Waals surface area contributed by atoms with Gasteiger partial charge in [0.05, 0.1) is 24.5 Å². The fraction of sp³-hybridized carbons (Fsp3) is 0.404. The van der Waals surface area contributed by atoms with Crippen molar-refractivity contribution in [2.24, 2.45) is 5.92 Å². The van der Waals surface area contributed by atoms with Gasteiger partial charge in [-0.1, -0.05) is 30.3 Å². The molecule has 2 saturated heterocycles. The minimum absolute atomic E-state index is 0.0120. The number of carbonyl (C=O) groups is 2. The average molecular weight is 857 g/mol. The van der Waals surface area contributed by atoms with Crippen LogP contribution in [-0.2, 0) is 23.2 Å². The van der Waals surface area contributed by atoms with Crippen molar-refractivity contribution in [2.45, 2.75) is 77.4 Å². The second-order valence-corrected chi connectivity index (χ2v) is 17.5. The number of hydrogen-bond donors (Lipinski definition) is 1. The molecule has 15 nitrogen and oxygen atoms in total. The highest BCUT2D eigenvalue weighted by molar-refractivity contribution is 6.00. The Kier molecular flexibility index (Phi) is 9.88. The van der Waals surface area contributed by atoms with E-state index >= 15 is 9.18 Å². The fourth-order valence-electron chi connectivity index (χ4n) is 10.2. The summed E-state index contributed by atoms with van der Waals surface area (Å²) in [5.74, 6) is 0.135. The van der Waals surface area contributed by atoms with E-state index in [0.717, 1.165) is 29.3 Å². The summed E-state index contributed by atoms with van der Waals surface area (Å²) in [5, 5.41) is 5.03. The van der Waals surface area contributed by atoms with Gasteiger partial charge in [0.1, 0.15) is 22.8 Å². The van der Waals surface area contributed by atoms with Crippen molar-refractivity contribution in [1.82, 2.24) is 34.1 Å². The lowest BCUT2D eigenvalue weighted by molar-refractivity contribution is 0.0658. The normalized spacial score (nSPS) is 21.4. The van der Waals surface area contributed by atoms with E-state index in [4.69, 9.17) is 19.0 Å². The molecule has 4 aliphatic rings. The van der Waals surface area contributed by atoms with Gasteiger partial charge in [0, 0.05) is 55.9 Å². The molecule has 3 unspecified atom stereocenters. The number of aryl methyl sites for hydroxylation is 2. The molecule has 3 aromatic carbocycles. The van der Waals surface area contributed by atoms with Crippen molar-refractivity contribution in [3.05, 3.63) is 132 Å². The maximum Gasteiger partial charge on any atom is 0.438 e. The van der Waals surface area contributed by atoms with E-state index < -0.39 is 17.3 Å². The van der Waals surface area contributed by atoms with E-state index in [1.807, 2.05) is 41.8 Å². The maximum atomic E-state index is 15.3. The monoisotopic (exact) mass is 856 g/mol. The molecule has 0 radical (unpaired) electrons. The number of carbonyl (C=O) groups excluding carboxylic acids is 2. The van der Waals surface area contributed by atoms with E-state index in [0.29, 0.717) is 84.0 Å². The number of hydrogen-bond acceptors (Lipinski definition) is 9. The van der Waals surface area contributed by atoms with Crippen LogP contribution in [0.3, 0.4) is 0 Å². The topological polar surface area (TPSA) is 161 Å². The van der Waals surface area contributed by atoms with Gasteiger partial charge in [-0.05, 0) is 123 Å². The molecule has 326 valence electrons. The van der Waals surface area contributed by atoms with Crippen molar-refractivity contribution in [1.29, 1.82) is 0 Å². The molecule has 6 heterocycles. The standard InChI is InChI=1S/C47H49FN8O7/c1-26-19-34(20-27(2)39(26)48)55-41(57)36-11-14-53(29(4)40(36)49-44(55)54-16-15-52(46(54)60)25-30-7-6-8-35(21-30)61-5)42(58)38-23-33-22-32(31-12-17-62-18-13-31)9-10-37(33)56(38)47(24-28(47)3)43-50-45(59)63-51-43/h6-10,19-23,28-29,31H,11-18,24-25H2,1-5H3,(H,50,51,59). The molecule has 0 bridgehead atoms. The van der Waals surface area contributed by atoms with Crippen molar-refractivity contribution in [3.8, 4) is 11.4 Å².